The lowest BCUT2D eigenvalue weighted by Crippen LogP contribution is -1.95. The van der Waals surface area contributed by atoms with Crippen LogP contribution < -0.4 is 0 Å². The lowest BCUT2D eigenvalue weighted by molar-refractivity contribution is 0.282. The quantitative estimate of drug-likeness (QED) is 0.780. The highest BCUT2D eigenvalue weighted by Gasteiger charge is 2.06. The molecule has 72 valence electrons. The van der Waals surface area contributed by atoms with Crippen molar-refractivity contribution in [3.8, 4) is 0 Å². The molecule has 5 heteroatoms. The van der Waals surface area contributed by atoms with Gasteiger partial charge in [-0.1, -0.05) is 24.3 Å². The third kappa shape index (κ3) is 3.76. The monoisotopic (exact) mass is 220 g/mol. The zero-order chi connectivity index (χ0) is 9.90. The molecule has 0 fully saturated rings. The lowest BCUT2D eigenvalue weighted by atomic mass is 10.2. The summed E-state index contributed by atoms with van der Waals surface area (Å²) in [6.07, 6.45) is 0. The molecule has 0 saturated carbocycles. The third-order valence-corrected chi connectivity index (χ3v) is 2.55. The number of halogens is 1. The lowest BCUT2D eigenvalue weighted by Gasteiger charge is -1.99. The summed E-state index contributed by atoms with van der Waals surface area (Å²) in [5, 5.41) is 8.72. The summed E-state index contributed by atoms with van der Waals surface area (Å²) in [6, 6.07) is 6.59. The standard InChI is InChI=1S/C8H9ClO3S/c9-13(11,12)6-8-3-1-7(5-10)2-4-8/h1-4,10H,5-6H2. The van der Waals surface area contributed by atoms with Crippen LogP contribution >= 0.6 is 10.7 Å². The molecule has 0 bridgehead atoms. The predicted octanol–water partition coefficient (Wildman–Crippen LogP) is 1.25. The number of aliphatic hydroxyl groups is 1. The molecule has 0 radical (unpaired) electrons. The molecular formula is C8H9ClO3S. The van der Waals surface area contributed by atoms with Crippen LogP contribution in [-0.4, -0.2) is 13.5 Å². The van der Waals surface area contributed by atoms with Gasteiger partial charge in [0.05, 0.1) is 12.4 Å². The summed E-state index contributed by atoms with van der Waals surface area (Å²) in [5.74, 6) is -0.180. The van der Waals surface area contributed by atoms with Gasteiger partial charge in [-0.15, -0.1) is 0 Å². The van der Waals surface area contributed by atoms with Gasteiger partial charge in [0.2, 0.25) is 9.05 Å². The average Bonchev–Trinajstić information content (AvgIpc) is 2.03. The Morgan fingerprint density at radius 2 is 1.62 bits per heavy atom. The molecule has 3 nitrogen and oxygen atoms in total. The molecule has 0 heterocycles. The molecule has 0 aliphatic heterocycles. The second-order valence-corrected chi connectivity index (χ2v) is 5.43. The van der Waals surface area contributed by atoms with Crippen molar-refractivity contribution in [3.05, 3.63) is 35.4 Å². The van der Waals surface area contributed by atoms with E-state index < -0.39 is 9.05 Å². The summed E-state index contributed by atoms with van der Waals surface area (Å²) in [6.45, 7) is -0.0477. The van der Waals surface area contributed by atoms with Gasteiger partial charge in [0.1, 0.15) is 0 Å². The SMILES string of the molecule is O=S(=O)(Cl)Cc1ccc(CO)cc1. The molecule has 0 spiro atoms. The molecule has 0 amide bonds. The van der Waals surface area contributed by atoms with Crippen molar-refractivity contribution in [1.82, 2.24) is 0 Å². The highest BCUT2D eigenvalue weighted by molar-refractivity contribution is 8.13. The van der Waals surface area contributed by atoms with Crippen LogP contribution in [0.3, 0.4) is 0 Å². The van der Waals surface area contributed by atoms with Crippen LogP contribution in [-0.2, 0) is 21.4 Å². The zero-order valence-electron chi connectivity index (χ0n) is 6.77. The highest BCUT2D eigenvalue weighted by atomic mass is 35.7. The first-order chi connectivity index (χ1) is 6.01. The molecule has 0 aliphatic rings. The fourth-order valence-electron chi connectivity index (χ4n) is 0.940. The van der Waals surface area contributed by atoms with Crippen molar-refractivity contribution in [1.29, 1.82) is 0 Å². The minimum Gasteiger partial charge on any atom is -0.392 e. The number of hydrogen-bond donors (Lipinski definition) is 1. The minimum absolute atomic E-state index is 0.0477. The first kappa shape index (κ1) is 10.5. The van der Waals surface area contributed by atoms with Crippen molar-refractivity contribution in [3.63, 3.8) is 0 Å². The largest absolute Gasteiger partial charge is 0.392 e. The Labute approximate surface area is 81.4 Å². The van der Waals surface area contributed by atoms with E-state index in [2.05, 4.69) is 0 Å². The Hall–Kier alpha value is -0.580. The van der Waals surface area contributed by atoms with Crippen molar-refractivity contribution in [2.24, 2.45) is 0 Å². The Morgan fingerprint density at radius 3 is 2.00 bits per heavy atom. The Bertz CT molecular complexity index is 369. The highest BCUT2D eigenvalue weighted by Crippen LogP contribution is 2.10. The number of rotatable bonds is 3. The van der Waals surface area contributed by atoms with Gasteiger partial charge in [-0.25, -0.2) is 8.42 Å². The number of benzene rings is 1. The maximum Gasteiger partial charge on any atom is 0.236 e. The molecule has 0 unspecified atom stereocenters. The van der Waals surface area contributed by atoms with Gasteiger partial charge in [0, 0.05) is 10.7 Å². The average molecular weight is 221 g/mol. The Morgan fingerprint density at radius 1 is 1.15 bits per heavy atom. The summed E-state index contributed by atoms with van der Waals surface area (Å²) in [5.41, 5.74) is 1.36. The normalized spacial score (nSPS) is 11.5. The van der Waals surface area contributed by atoms with Crippen LogP contribution in [0.15, 0.2) is 24.3 Å². The van der Waals surface area contributed by atoms with Crippen LogP contribution in [0.2, 0.25) is 0 Å². The maximum absolute atomic E-state index is 10.7. The van der Waals surface area contributed by atoms with Gasteiger partial charge in [-0.2, -0.15) is 0 Å². The minimum atomic E-state index is -3.49. The van der Waals surface area contributed by atoms with Gasteiger partial charge < -0.3 is 5.11 Å². The second kappa shape index (κ2) is 4.09. The van der Waals surface area contributed by atoms with Crippen molar-refractivity contribution < 1.29 is 13.5 Å². The van der Waals surface area contributed by atoms with Gasteiger partial charge in [-0.3, -0.25) is 0 Å². The Balaban J connectivity index is 2.81. The summed E-state index contributed by atoms with van der Waals surface area (Å²) >= 11 is 0. The van der Waals surface area contributed by atoms with Gasteiger partial charge in [0.25, 0.3) is 0 Å². The van der Waals surface area contributed by atoms with Crippen molar-refractivity contribution >= 4 is 19.7 Å². The predicted molar refractivity (Wildman–Crippen MR) is 50.8 cm³/mol. The zero-order valence-corrected chi connectivity index (χ0v) is 8.35. The fraction of sp³-hybridized carbons (Fsp3) is 0.250. The maximum atomic E-state index is 10.7. The van der Waals surface area contributed by atoms with Crippen LogP contribution in [0.25, 0.3) is 0 Å². The van der Waals surface area contributed by atoms with E-state index in [0.29, 0.717) is 5.56 Å². The van der Waals surface area contributed by atoms with Gasteiger partial charge in [-0.05, 0) is 11.1 Å². The molecule has 1 aromatic carbocycles. The molecule has 0 aromatic heterocycles. The first-order valence-electron chi connectivity index (χ1n) is 3.62. The number of hydrogen-bond acceptors (Lipinski definition) is 3. The van der Waals surface area contributed by atoms with E-state index in [1.807, 2.05) is 0 Å². The number of aliphatic hydroxyl groups excluding tert-OH is 1. The van der Waals surface area contributed by atoms with E-state index in [0.717, 1.165) is 5.56 Å². The fourth-order valence-corrected chi connectivity index (χ4v) is 1.91. The molecule has 0 atom stereocenters. The van der Waals surface area contributed by atoms with Crippen molar-refractivity contribution in [2.75, 3.05) is 0 Å². The molecule has 1 rings (SSSR count). The van der Waals surface area contributed by atoms with Crippen LogP contribution in [0.1, 0.15) is 11.1 Å². The molecule has 0 saturated heterocycles. The Kier molecular flexibility index (Phi) is 3.30. The smallest absolute Gasteiger partial charge is 0.236 e. The second-order valence-electron chi connectivity index (χ2n) is 2.66. The summed E-state index contributed by atoms with van der Waals surface area (Å²) < 4.78 is 21.3. The van der Waals surface area contributed by atoms with E-state index in [-0.39, 0.29) is 12.4 Å². The van der Waals surface area contributed by atoms with Crippen LogP contribution in [0.5, 0.6) is 0 Å². The third-order valence-electron chi connectivity index (χ3n) is 1.54. The van der Waals surface area contributed by atoms with E-state index >= 15 is 0 Å². The van der Waals surface area contributed by atoms with E-state index in [4.69, 9.17) is 15.8 Å². The summed E-state index contributed by atoms with van der Waals surface area (Å²) in [4.78, 5) is 0. The van der Waals surface area contributed by atoms with E-state index in [1.54, 1.807) is 24.3 Å². The molecule has 1 aromatic rings. The van der Waals surface area contributed by atoms with Gasteiger partial charge >= 0.3 is 0 Å². The van der Waals surface area contributed by atoms with Crippen LogP contribution in [0, 0.1) is 0 Å². The molecule has 13 heavy (non-hydrogen) atoms. The first-order valence-corrected chi connectivity index (χ1v) is 6.10. The van der Waals surface area contributed by atoms with E-state index in [9.17, 15) is 8.42 Å². The van der Waals surface area contributed by atoms with E-state index in [1.165, 1.54) is 0 Å². The molecule has 0 aliphatic carbocycles. The molecule has 1 N–H and O–H groups in total. The van der Waals surface area contributed by atoms with Crippen molar-refractivity contribution in [2.45, 2.75) is 12.4 Å². The van der Waals surface area contributed by atoms with Crippen LogP contribution in [0.4, 0.5) is 0 Å². The molecular weight excluding hydrogens is 212 g/mol. The van der Waals surface area contributed by atoms with Gasteiger partial charge in [0.15, 0.2) is 0 Å². The summed E-state index contributed by atoms with van der Waals surface area (Å²) in [7, 11) is 1.58. The topological polar surface area (TPSA) is 54.4 Å².